The van der Waals surface area contributed by atoms with E-state index in [1.807, 2.05) is 17.0 Å². The smallest absolute Gasteiger partial charge is 0.305 e. The summed E-state index contributed by atoms with van der Waals surface area (Å²) in [6, 6.07) is 7.19. The number of hydrogen-bond acceptors (Lipinski definition) is 9. The van der Waals surface area contributed by atoms with Crippen molar-refractivity contribution in [3.8, 4) is 11.5 Å². The van der Waals surface area contributed by atoms with E-state index in [2.05, 4.69) is 20.0 Å². The number of allylic oxidation sites excluding steroid dienone is 1. The van der Waals surface area contributed by atoms with Crippen molar-refractivity contribution in [3.63, 3.8) is 0 Å². The van der Waals surface area contributed by atoms with Gasteiger partial charge in [-0.3, -0.25) is 19.6 Å². The highest BCUT2D eigenvalue weighted by Crippen LogP contribution is 2.43. The highest BCUT2D eigenvalue weighted by Gasteiger charge is 2.33. The maximum Gasteiger partial charge on any atom is 0.305 e. The Morgan fingerprint density at radius 1 is 1.25 bits per heavy atom. The monoisotopic (exact) mass is 436 g/mol. The van der Waals surface area contributed by atoms with Gasteiger partial charge in [-0.25, -0.2) is 0 Å². The van der Waals surface area contributed by atoms with E-state index in [1.54, 1.807) is 31.5 Å². The Hall–Kier alpha value is -3.88. The molecule has 166 valence electrons. The highest BCUT2D eigenvalue weighted by atomic mass is 16.5. The quantitative estimate of drug-likeness (QED) is 0.292. The lowest BCUT2D eigenvalue weighted by Gasteiger charge is -2.32. The minimum absolute atomic E-state index is 0.163. The van der Waals surface area contributed by atoms with E-state index < -0.39 is 0 Å². The Bertz CT molecular complexity index is 1080. The van der Waals surface area contributed by atoms with Gasteiger partial charge in [0.05, 0.1) is 33.1 Å². The van der Waals surface area contributed by atoms with Crippen LogP contribution >= 0.6 is 0 Å². The number of nitrogens with zero attached hydrogens (tertiary/aromatic N) is 3. The van der Waals surface area contributed by atoms with Crippen molar-refractivity contribution in [3.05, 3.63) is 59.7 Å². The lowest BCUT2D eigenvalue weighted by Crippen LogP contribution is -2.36. The van der Waals surface area contributed by atoms with E-state index in [-0.39, 0.29) is 18.2 Å². The number of aromatic nitrogens is 1. The fourth-order valence-electron chi connectivity index (χ4n) is 3.63. The minimum atomic E-state index is -0.278. The summed E-state index contributed by atoms with van der Waals surface area (Å²) in [4.78, 5) is 34.7. The predicted molar refractivity (Wildman–Crippen MR) is 118 cm³/mol. The van der Waals surface area contributed by atoms with Crippen LogP contribution in [-0.4, -0.2) is 61.4 Å². The number of pyridine rings is 1. The van der Waals surface area contributed by atoms with Crippen LogP contribution in [-0.2, 0) is 9.53 Å². The molecule has 0 radical (unpaired) electrons. The average Bonchev–Trinajstić information content (AvgIpc) is 3.32. The zero-order valence-corrected chi connectivity index (χ0v) is 18.0. The molecule has 1 aromatic heterocycles. The fraction of sp³-hybridized carbons (Fsp3) is 0.304. The summed E-state index contributed by atoms with van der Waals surface area (Å²) in [5.74, 6) is 2.00. The number of carbonyl (C=O) groups excluding carboxylic acids is 2. The number of hydrogen-bond donors (Lipinski definition) is 1. The molecule has 1 aromatic carbocycles. The number of carbonyl (C=O) groups is 2. The molecule has 9 nitrogen and oxygen atoms in total. The summed E-state index contributed by atoms with van der Waals surface area (Å²) >= 11 is 0. The number of ether oxygens (including phenoxy) is 3. The van der Waals surface area contributed by atoms with Gasteiger partial charge in [0.25, 0.3) is 0 Å². The van der Waals surface area contributed by atoms with Crippen molar-refractivity contribution >= 4 is 23.3 Å². The predicted octanol–water partition coefficient (Wildman–Crippen LogP) is 2.63. The number of benzene rings is 1. The number of anilines is 1. The molecule has 2 aliphatic rings. The molecule has 32 heavy (non-hydrogen) atoms. The molecule has 0 atom stereocenters. The molecule has 4 rings (SSSR count). The molecule has 0 unspecified atom stereocenters. The van der Waals surface area contributed by atoms with Crippen molar-refractivity contribution in [2.45, 2.75) is 12.8 Å². The summed E-state index contributed by atoms with van der Waals surface area (Å²) in [6.45, 7) is 1.63. The standard InChI is InChI=1S/C23H24N4O5/c1-30-20(29)6-4-12-32-18-8-7-16-21(22(18)31-2)26-19(27-11-10-25-23(16)27)13-17(28)15-5-3-9-24-14-15/h3,5,7-9,13-14,26H,4,6,10-12H2,1-2H3/b19-13+. The molecule has 2 aliphatic heterocycles. The van der Waals surface area contributed by atoms with Crippen LogP contribution in [0.4, 0.5) is 5.69 Å². The Kier molecular flexibility index (Phi) is 6.34. The van der Waals surface area contributed by atoms with Gasteiger partial charge in [-0.1, -0.05) is 0 Å². The van der Waals surface area contributed by atoms with Crippen LogP contribution in [0.3, 0.4) is 0 Å². The SMILES string of the molecule is COC(=O)CCCOc1ccc2c(c1OC)N/C(=C\C(=O)c1cccnc1)N1CCN=C21. The molecule has 9 heteroatoms. The first kappa shape index (κ1) is 21.4. The Morgan fingerprint density at radius 3 is 2.88 bits per heavy atom. The van der Waals surface area contributed by atoms with Crippen LogP contribution in [0.2, 0.25) is 0 Å². The molecular weight excluding hydrogens is 412 g/mol. The van der Waals surface area contributed by atoms with Gasteiger partial charge >= 0.3 is 5.97 Å². The second kappa shape index (κ2) is 9.51. The third kappa shape index (κ3) is 4.27. The average molecular weight is 436 g/mol. The highest BCUT2D eigenvalue weighted by molar-refractivity contribution is 6.11. The van der Waals surface area contributed by atoms with Crippen molar-refractivity contribution in [1.29, 1.82) is 0 Å². The van der Waals surface area contributed by atoms with Crippen molar-refractivity contribution < 1.29 is 23.8 Å². The van der Waals surface area contributed by atoms with Gasteiger partial charge in [0, 0.05) is 42.6 Å². The molecule has 0 fully saturated rings. The van der Waals surface area contributed by atoms with Crippen LogP contribution < -0.4 is 14.8 Å². The first-order valence-electron chi connectivity index (χ1n) is 10.3. The van der Waals surface area contributed by atoms with Gasteiger partial charge in [-0.15, -0.1) is 0 Å². The zero-order chi connectivity index (χ0) is 22.5. The lowest BCUT2D eigenvalue weighted by atomic mass is 10.1. The molecule has 1 N–H and O–H groups in total. The van der Waals surface area contributed by atoms with Crippen LogP contribution in [0.5, 0.6) is 11.5 Å². The first-order chi connectivity index (χ1) is 15.6. The number of fused-ring (bicyclic) bond motifs is 3. The minimum Gasteiger partial charge on any atom is -0.491 e. The fourth-order valence-corrected chi connectivity index (χ4v) is 3.63. The Labute approximate surface area is 185 Å². The van der Waals surface area contributed by atoms with Gasteiger partial charge in [0.2, 0.25) is 0 Å². The van der Waals surface area contributed by atoms with Crippen LogP contribution in [0.1, 0.15) is 28.8 Å². The summed E-state index contributed by atoms with van der Waals surface area (Å²) in [6.07, 6.45) is 5.50. The van der Waals surface area contributed by atoms with Gasteiger partial charge in [-0.05, 0) is 30.7 Å². The van der Waals surface area contributed by atoms with Crippen molar-refractivity contribution in [2.75, 3.05) is 39.2 Å². The molecule has 0 spiro atoms. The molecule has 0 aliphatic carbocycles. The zero-order valence-electron chi connectivity index (χ0n) is 18.0. The van der Waals surface area contributed by atoms with Gasteiger partial charge in [0.15, 0.2) is 17.3 Å². The number of methoxy groups -OCH3 is 2. The van der Waals surface area contributed by atoms with E-state index in [0.717, 1.165) is 11.4 Å². The largest absolute Gasteiger partial charge is 0.491 e. The molecule has 0 amide bonds. The molecule has 0 bridgehead atoms. The van der Waals surface area contributed by atoms with Crippen molar-refractivity contribution in [1.82, 2.24) is 9.88 Å². The van der Waals surface area contributed by atoms with Gasteiger partial charge in [0.1, 0.15) is 11.7 Å². The normalized spacial score (nSPS) is 15.4. The van der Waals surface area contributed by atoms with Crippen LogP contribution in [0, 0.1) is 0 Å². The Balaban J connectivity index is 1.62. The van der Waals surface area contributed by atoms with E-state index >= 15 is 0 Å². The van der Waals surface area contributed by atoms with Gasteiger partial charge in [-0.2, -0.15) is 0 Å². The summed E-state index contributed by atoms with van der Waals surface area (Å²) in [7, 11) is 2.92. The topological polar surface area (TPSA) is 102 Å². The Morgan fingerprint density at radius 2 is 2.12 bits per heavy atom. The molecular formula is C23H24N4O5. The lowest BCUT2D eigenvalue weighted by molar-refractivity contribution is -0.140. The van der Waals surface area contributed by atoms with Crippen molar-refractivity contribution in [2.24, 2.45) is 4.99 Å². The number of amidine groups is 1. The third-order valence-electron chi connectivity index (χ3n) is 5.18. The van der Waals surface area contributed by atoms with E-state index in [9.17, 15) is 9.59 Å². The number of esters is 1. The van der Waals surface area contributed by atoms with E-state index in [4.69, 9.17) is 9.47 Å². The molecule has 0 saturated carbocycles. The maximum absolute atomic E-state index is 12.8. The van der Waals surface area contributed by atoms with Crippen LogP contribution in [0.25, 0.3) is 0 Å². The van der Waals surface area contributed by atoms with E-state index in [0.29, 0.717) is 54.7 Å². The van der Waals surface area contributed by atoms with E-state index in [1.165, 1.54) is 13.3 Å². The summed E-state index contributed by atoms with van der Waals surface area (Å²) in [5, 5.41) is 3.33. The van der Waals surface area contributed by atoms with Crippen LogP contribution in [0.15, 0.2) is 53.5 Å². The first-order valence-corrected chi connectivity index (χ1v) is 10.3. The number of nitrogens with one attached hydrogen (secondary N) is 1. The van der Waals surface area contributed by atoms with Gasteiger partial charge < -0.3 is 24.4 Å². The second-order valence-corrected chi connectivity index (χ2v) is 7.17. The molecule has 0 saturated heterocycles. The third-order valence-corrected chi connectivity index (χ3v) is 5.18. The summed E-state index contributed by atoms with van der Waals surface area (Å²) < 4.78 is 16.2. The number of aliphatic imine (C=N–C) groups is 1. The number of rotatable bonds is 8. The second-order valence-electron chi connectivity index (χ2n) is 7.17. The summed E-state index contributed by atoms with van der Waals surface area (Å²) in [5.41, 5.74) is 2.05. The molecule has 3 heterocycles. The maximum atomic E-state index is 12.8. The molecule has 2 aromatic rings. The number of ketones is 1.